The zero-order chi connectivity index (χ0) is 24.2. The van der Waals surface area contributed by atoms with Crippen molar-refractivity contribution in [3.05, 3.63) is 82.7 Å². The predicted octanol–water partition coefficient (Wildman–Crippen LogP) is 4.37. The third-order valence-corrected chi connectivity index (χ3v) is 5.70. The number of methoxy groups -OCH3 is 2. The number of phenolic OH excluding ortho intramolecular Hbond substituents is 1. The first kappa shape index (κ1) is 23.0. The van der Waals surface area contributed by atoms with Crippen LogP contribution in [0.2, 0.25) is 0 Å². The summed E-state index contributed by atoms with van der Waals surface area (Å²) in [6, 6.07) is 10.5. The molecule has 0 bridgehead atoms. The standard InChI is InChI=1S/C26H24FN3O4/c1-15-19(10-16-11-21(33-2)25(32)22(12-16)34-3)18-7-9-29-26(27)24(18)20(15)13-23(31)30-14-17-6-4-5-8-28-17/h4-12,32H,13-14H2,1-3H3,(H,30,31)/b19-10-. The van der Waals surface area contributed by atoms with E-state index in [1.807, 2.05) is 25.1 Å². The van der Waals surface area contributed by atoms with E-state index in [4.69, 9.17) is 9.47 Å². The minimum Gasteiger partial charge on any atom is -0.502 e. The number of hydrogen-bond donors (Lipinski definition) is 2. The number of aromatic hydroxyl groups is 1. The van der Waals surface area contributed by atoms with Gasteiger partial charge in [0, 0.05) is 18.0 Å². The highest BCUT2D eigenvalue weighted by Gasteiger charge is 2.29. The summed E-state index contributed by atoms with van der Waals surface area (Å²) in [6.07, 6.45) is 4.90. The summed E-state index contributed by atoms with van der Waals surface area (Å²) in [6.45, 7) is 2.13. The number of nitrogens with one attached hydrogen (secondary N) is 1. The molecule has 174 valence electrons. The average molecular weight is 461 g/mol. The fraction of sp³-hybridized carbons (Fsp3) is 0.192. The minimum atomic E-state index is -0.631. The number of rotatable bonds is 7. The number of halogens is 1. The van der Waals surface area contributed by atoms with E-state index in [2.05, 4.69) is 15.3 Å². The molecule has 0 spiro atoms. The van der Waals surface area contributed by atoms with Gasteiger partial charge < -0.3 is 19.9 Å². The molecule has 0 fully saturated rings. The Morgan fingerprint density at radius 2 is 1.85 bits per heavy atom. The van der Waals surface area contributed by atoms with E-state index in [0.717, 1.165) is 16.8 Å². The Bertz CT molecular complexity index is 1280. The van der Waals surface area contributed by atoms with Crippen molar-refractivity contribution < 1.29 is 23.8 Å². The molecule has 8 heteroatoms. The Hall–Kier alpha value is -4.20. The monoisotopic (exact) mass is 461 g/mol. The number of carbonyl (C=O) groups is 1. The van der Waals surface area contributed by atoms with Crippen molar-refractivity contribution >= 4 is 23.1 Å². The van der Waals surface area contributed by atoms with Gasteiger partial charge >= 0.3 is 0 Å². The van der Waals surface area contributed by atoms with Crippen LogP contribution in [0.15, 0.2) is 54.4 Å². The summed E-state index contributed by atoms with van der Waals surface area (Å²) in [5.41, 5.74) is 4.46. The van der Waals surface area contributed by atoms with E-state index < -0.39 is 5.95 Å². The van der Waals surface area contributed by atoms with Crippen molar-refractivity contribution in [2.75, 3.05) is 14.2 Å². The number of amides is 1. The number of carbonyl (C=O) groups excluding carboxylic acids is 1. The van der Waals surface area contributed by atoms with Gasteiger partial charge in [-0.25, -0.2) is 4.98 Å². The quantitative estimate of drug-likeness (QED) is 0.508. The van der Waals surface area contributed by atoms with Crippen LogP contribution in [0.25, 0.3) is 17.2 Å². The number of allylic oxidation sites excluding steroid dienone is 2. The molecule has 4 rings (SSSR count). The zero-order valence-electron chi connectivity index (χ0n) is 19.1. The Morgan fingerprint density at radius 3 is 2.50 bits per heavy atom. The molecule has 0 saturated carbocycles. The molecule has 34 heavy (non-hydrogen) atoms. The lowest BCUT2D eigenvalue weighted by Crippen LogP contribution is -2.23. The number of phenols is 1. The van der Waals surface area contributed by atoms with Gasteiger partial charge in [0.15, 0.2) is 11.5 Å². The molecule has 0 saturated heterocycles. The number of benzene rings is 1. The Morgan fingerprint density at radius 1 is 1.12 bits per heavy atom. The minimum absolute atomic E-state index is 0.00611. The van der Waals surface area contributed by atoms with Crippen LogP contribution in [0, 0.1) is 5.95 Å². The van der Waals surface area contributed by atoms with E-state index in [0.29, 0.717) is 22.3 Å². The summed E-state index contributed by atoms with van der Waals surface area (Å²) in [5, 5.41) is 13.0. The van der Waals surface area contributed by atoms with Gasteiger partial charge in [-0.15, -0.1) is 0 Å². The van der Waals surface area contributed by atoms with Gasteiger partial charge in [0.05, 0.1) is 32.9 Å². The highest BCUT2D eigenvalue weighted by molar-refractivity contribution is 6.08. The summed E-state index contributed by atoms with van der Waals surface area (Å²) in [5.74, 6) is -0.481. The Kier molecular flexibility index (Phi) is 6.58. The van der Waals surface area contributed by atoms with Crippen LogP contribution in [-0.4, -0.2) is 35.2 Å². The number of hydrogen-bond acceptors (Lipinski definition) is 6. The Labute approximate surface area is 196 Å². The van der Waals surface area contributed by atoms with E-state index in [1.165, 1.54) is 20.4 Å². The van der Waals surface area contributed by atoms with Crippen molar-refractivity contribution in [3.63, 3.8) is 0 Å². The molecule has 0 atom stereocenters. The molecule has 7 nitrogen and oxygen atoms in total. The molecular formula is C26H24FN3O4. The lowest BCUT2D eigenvalue weighted by molar-refractivity contribution is -0.120. The van der Waals surface area contributed by atoms with E-state index in [1.54, 1.807) is 30.5 Å². The first-order valence-electron chi connectivity index (χ1n) is 10.6. The van der Waals surface area contributed by atoms with E-state index in [9.17, 15) is 14.3 Å². The lowest BCUT2D eigenvalue weighted by atomic mass is 10.0. The summed E-state index contributed by atoms with van der Waals surface area (Å²) >= 11 is 0. The zero-order valence-corrected chi connectivity index (χ0v) is 19.1. The highest BCUT2D eigenvalue weighted by Crippen LogP contribution is 2.45. The highest BCUT2D eigenvalue weighted by atomic mass is 19.1. The second-order valence-corrected chi connectivity index (χ2v) is 7.73. The average Bonchev–Trinajstić information content (AvgIpc) is 3.11. The molecule has 3 aromatic rings. The molecular weight excluding hydrogens is 437 g/mol. The molecule has 2 aromatic heterocycles. The Balaban J connectivity index is 1.69. The maximum Gasteiger partial charge on any atom is 0.224 e. The first-order chi connectivity index (χ1) is 16.4. The van der Waals surface area contributed by atoms with Gasteiger partial charge in [-0.05, 0) is 71.2 Å². The SMILES string of the molecule is COc1cc(/C=C2/C(C)=C(CC(=O)NCc3ccccn3)c3c2ccnc3F)cc(OC)c1O. The fourth-order valence-corrected chi connectivity index (χ4v) is 3.99. The normalized spacial score (nSPS) is 13.7. The van der Waals surface area contributed by atoms with Gasteiger partial charge in [-0.3, -0.25) is 9.78 Å². The summed E-state index contributed by atoms with van der Waals surface area (Å²) < 4.78 is 25.3. The molecule has 1 aromatic carbocycles. The van der Waals surface area contributed by atoms with Crippen molar-refractivity contribution in [2.45, 2.75) is 19.9 Å². The molecule has 0 aliphatic heterocycles. The van der Waals surface area contributed by atoms with Gasteiger partial charge in [0.25, 0.3) is 0 Å². The fourth-order valence-electron chi connectivity index (χ4n) is 3.99. The number of pyridine rings is 2. The van der Waals surface area contributed by atoms with Crippen molar-refractivity contribution in [2.24, 2.45) is 0 Å². The van der Waals surface area contributed by atoms with Crippen molar-refractivity contribution in [1.29, 1.82) is 0 Å². The molecule has 0 radical (unpaired) electrons. The molecule has 0 unspecified atom stereocenters. The van der Waals surface area contributed by atoms with Crippen LogP contribution in [0.5, 0.6) is 17.2 Å². The molecule has 2 heterocycles. The number of ether oxygens (including phenoxy) is 2. The van der Waals surface area contributed by atoms with Gasteiger partial charge in [0.2, 0.25) is 17.6 Å². The molecule has 1 aliphatic rings. The van der Waals surface area contributed by atoms with Crippen molar-refractivity contribution in [3.8, 4) is 17.2 Å². The molecule has 1 amide bonds. The number of aromatic nitrogens is 2. The second-order valence-electron chi connectivity index (χ2n) is 7.73. The van der Waals surface area contributed by atoms with Gasteiger partial charge in [-0.2, -0.15) is 4.39 Å². The largest absolute Gasteiger partial charge is 0.502 e. The van der Waals surface area contributed by atoms with E-state index in [-0.39, 0.29) is 36.1 Å². The third-order valence-electron chi connectivity index (χ3n) is 5.70. The summed E-state index contributed by atoms with van der Waals surface area (Å²) in [4.78, 5) is 20.7. The van der Waals surface area contributed by atoms with Crippen LogP contribution >= 0.6 is 0 Å². The van der Waals surface area contributed by atoms with Gasteiger partial charge in [-0.1, -0.05) is 6.07 Å². The maximum atomic E-state index is 14.8. The van der Waals surface area contributed by atoms with Crippen molar-refractivity contribution in [1.82, 2.24) is 15.3 Å². The molecule has 2 N–H and O–H groups in total. The third kappa shape index (κ3) is 4.47. The van der Waals surface area contributed by atoms with Crippen LogP contribution in [0.1, 0.15) is 35.7 Å². The van der Waals surface area contributed by atoms with Crippen LogP contribution in [-0.2, 0) is 11.3 Å². The topological polar surface area (TPSA) is 93.6 Å². The maximum absolute atomic E-state index is 14.8. The number of nitrogens with zero attached hydrogens (tertiary/aromatic N) is 2. The predicted molar refractivity (Wildman–Crippen MR) is 127 cm³/mol. The van der Waals surface area contributed by atoms with Gasteiger partial charge in [0.1, 0.15) is 0 Å². The van der Waals surface area contributed by atoms with Crippen LogP contribution in [0.3, 0.4) is 0 Å². The first-order valence-corrected chi connectivity index (χ1v) is 10.6. The molecule has 1 aliphatic carbocycles. The lowest BCUT2D eigenvalue weighted by Gasteiger charge is -2.10. The number of fused-ring (bicyclic) bond motifs is 1. The summed E-state index contributed by atoms with van der Waals surface area (Å²) in [7, 11) is 2.90. The second kappa shape index (κ2) is 9.74. The van der Waals surface area contributed by atoms with E-state index >= 15 is 0 Å². The van der Waals surface area contributed by atoms with Crippen LogP contribution < -0.4 is 14.8 Å². The smallest absolute Gasteiger partial charge is 0.224 e. The van der Waals surface area contributed by atoms with Crippen LogP contribution in [0.4, 0.5) is 4.39 Å².